The van der Waals surface area contributed by atoms with Gasteiger partial charge in [-0.25, -0.2) is 0 Å². The largest absolute Gasteiger partial charge is 0.360 e. The monoisotopic (exact) mass is 247 g/mol. The van der Waals surface area contributed by atoms with E-state index in [4.69, 9.17) is 12.2 Å². The highest BCUT2D eigenvalue weighted by molar-refractivity contribution is 7.99. The fourth-order valence-electron chi connectivity index (χ4n) is 1.49. The first-order valence-corrected chi connectivity index (χ1v) is 7.09. The zero-order valence-electron chi connectivity index (χ0n) is 7.78. The molecule has 2 N–H and O–H groups in total. The molecule has 0 bridgehead atoms. The van der Waals surface area contributed by atoms with E-state index in [0.29, 0.717) is 0 Å². The van der Waals surface area contributed by atoms with Crippen LogP contribution in [0.25, 0.3) is 0 Å². The van der Waals surface area contributed by atoms with Crippen LogP contribution in [-0.2, 0) is 0 Å². The van der Waals surface area contributed by atoms with E-state index in [0.717, 1.165) is 21.5 Å². The second-order valence-corrected chi connectivity index (χ2v) is 6.25. The molecule has 0 spiro atoms. The topological polar surface area (TPSA) is 40.7 Å². The Bertz CT molecular complexity index is 327. The molecular weight excluding hydrogens is 234 g/mol. The van der Waals surface area contributed by atoms with Crippen LogP contribution < -0.4 is 5.32 Å². The summed E-state index contributed by atoms with van der Waals surface area (Å²) in [5.74, 6) is 3.43. The summed E-state index contributed by atoms with van der Waals surface area (Å²) >= 11 is 8.53. The molecule has 0 saturated carbocycles. The van der Waals surface area contributed by atoms with Crippen molar-refractivity contribution < 1.29 is 0 Å². The molecule has 6 heteroatoms. The zero-order chi connectivity index (χ0) is 9.80. The van der Waals surface area contributed by atoms with Gasteiger partial charge in [0.1, 0.15) is 0 Å². The summed E-state index contributed by atoms with van der Waals surface area (Å²) in [4.78, 5) is 0. The van der Waals surface area contributed by atoms with Gasteiger partial charge in [0.2, 0.25) is 5.13 Å². The number of H-pyrrole nitrogens is 1. The maximum absolute atomic E-state index is 4.96. The van der Waals surface area contributed by atoms with Gasteiger partial charge in [0.25, 0.3) is 0 Å². The Morgan fingerprint density at radius 2 is 2.29 bits per heavy atom. The van der Waals surface area contributed by atoms with Crippen LogP contribution in [-0.4, -0.2) is 28.2 Å². The molecule has 1 fully saturated rings. The average Bonchev–Trinajstić information content (AvgIpc) is 2.63. The Kier molecular flexibility index (Phi) is 3.83. The highest BCUT2D eigenvalue weighted by Crippen LogP contribution is 2.23. The number of rotatable bonds is 3. The SMILES string of the molecule is S=c1[nH]nc(NCC2CCSCC2)s1. The Labute approximate surface area is 96.7 Å². The standard InChI is InChI=1S/C8H13N3S3/c12-8-11-10-7(14-8)9-5-6-1-3-13-4-2-6/h6H,1-5H2,(H,9,10)(H,11,12). The summed E-state index contributed by atoms with van der Waals surface area (Å²) in [7, 11) is 0. The van der Waals surface area contributed by atoms with Crippen LogP contribution in [0.5, 0.6) is 0 Å². The van der Waals surface area contributed by atoms with Gasteiger partial charge in [-0.1, -0.05) is 11.3 Å². The van der Waals surface area contributed by atoms with E-state index in [2.05, 4.69) is 27.3 Å². The van der Waals surface area contributed by atoms with E-state index in [1.807, 2.05) is 0 Å². The van der Waals surface area contributed by atoms with Crippen molar-refractivity contribution in [2.75, 3.05) is 23.4 Å². The van der Waals surface area contributed by atoms with Gasteiger partial charge in [0.05, 0.1) is 0 Å². The Hall–Kier alpha value is -0.0700. The van der Waals surface area contributed by atoms with Crippen LogP contribution in [0.4, 0.5) is 5.13 Å². The number of hydrogen-bond acceptors (Lipinski definition) is 5. The van der Waals surface area contributed by atoms with Crippen LogP contribution in [0.2, 0.25) is 0 Å². The first kappa shape index (κ1) is 10.4. The summed E-state index contributed by atoms with van der Waals surface area (Å²) in [6.07, 6.45) is 2.65. The normalized spacial score (nSPS) is 18.3. The molecule has 1 aromatic rings. The number of nitrogens with one attached hydrogen (secondary N) is 2. The van der Waals surface area contributed by atoms with Crippen molar-refractivity contribution in [2.24, 2.45) is 5.92 Å². The lowest BCUT2D eigenvalue weighted by Crippen LogP contribution is -2.18. The number of aromatic nitrogens is 2. The van der Waals surface area contributed by atoms with Crippen molar-refractivity contribution in [3.8, 4) is 0 Å². The van der Waals surface area contributed by atoms with Crippen LogP contribution >= 0.6 is 35.3 Å². The first-order valence-electron chi connectivity index (χ1n) is 4.72. The molecule has 1 aliphatic rings. The molecule has 0 atom stereocenters. The fourth-order valence-corrected chi connectivity index (χ4v) is 3.49. The molecule has 1 aliphatic heterocycles. The molecule has 2 rings (SSSR count). The highest BCUT2D eigenvalue weighted by Gasteiger charge is 2.13. The van der Waals surface area contributed by atoms with Crippen LogP contribution in [0.3, 0.4) is 0 Å². The predicted octanol–water partition coefficient (Wildman–Crippen LogP) is 2.76. The quantitative estimate of drug-likeness (QED) is 0.806. The highest BCUT2D eigenvalue weighted by atomic mass is 32.2. The molecule has 1 aromatic heterocycles. The van der Waals surface area contributed by atoms with Gasteiger partial charge in [-0.3, -0.25) is 5.10 Å². The van der Waals surface area contributed by atoms with Crippen molar-refractivity contribution in [1.29, 1.82) is 0 Å². The maximum Gasteiger partial charge on any atom is 0.204 e. The molecule has 1 saturated heterocycles. The van der Waals surface area contributed by atoms with Crippen LogP contribution in [0.1, 0.15) is 12.8 Å². The van der Waals surface area contributed by atoms with E-state index in [-0.39, 0.29) is 0 Å². The summed E-state index contributed by atoms with van der Waals surface area (Å²) in [6, 6.07) is 0. The molecule has 14 heavy (non-hydrogen) atoms. The molecule has 0 aromatic carbocycles. The van der Waals surface area contributed by atoms with Crippen molar-refractivity contribution in [2.45, 2.75) is 12.8 Å². The number of anilines is 1. The maximum atomic E-state index is 4.96. The lowest BCUT2D eigenvalue weighted by molar-refractivity contribution is 0.516. The molecule has 3 nitrogen and oxygen atoms in total. The molecular formula is C8H13N3S3. The van der Waals surface area contributed by atoms with Crippen molar-refractivity contribution in [3.63, 3.8) is 0 Å². The molecule has 0 radical (unpaired) electrons. The van der Waals surface area contributed by atoms with Crippen molar-refractivity contribution in [3.05, 3.63) is 3.95 Å². The van der Waals surface area contributed by atoms with E-state index < -0.39 is 0 Å². The minimum atomic E-state index is 0.742. The molecule has 0 unspecified atom stereocenters. The van der Waals surface area contributed by atoms with Gasteiger partial charge in [-0.05, 0) is 42.5 Å². The molecule has 2 heterocycles. The third-order valence-corrected chi connectivity index (χ3v) is 4.42. The lowest BCUT2D eigenvalue weighted by atomic mass is 10.0. The molecule has 0 aliphatic carbocycles. The predicted molar refractivity (Wildman–Crippen MR) is 65.8 cm³/mol. The van der Waals surface area contributed by atoms with Crippen molar-refractivity contribution in [1.82, 2.24) is 10.2 Å². The minimum absolute atomic E-state index is 0.742. The van der Waals surface area contributed by atoms with Gasteiger partial charge in [0, 0.05) is 6.54 Å². The number of aromatic amines is 1. The van der Waals surface area contributed by atoms with Gasteiger partial charge < -0.3 is 5.32 Å². The number of thioether (sulfide) groups is 1. The Morgan fingerprint density at radius 3 is 2.93 bits per heavy atom. The van der Waals surface area contributed by atoms with Crippen molar-refractivity contribution >= 4 is 40.4 Å². The summed E-state index contributed by atoms with van der Waals surface area (Å²) in [5, 5.41) is 11.1. The smallest absolute Gasteiger partial charge is 0.204 e. The number of nitrogens with zero attached hydrogens (tertiary/aromatic N) is 1. The average molecular weight is 247 g/mol. The summed E-state index contributed by atoms with van der Waals surface area (Å²) in [5.41, 5.74) is 0. The Balaban J connectivity index is 1.78. The van der Waals surface area contributed by atoms with Gasteiger partial charge in [-0.15, -0.1) is 5.10 Å². The van der Waals surface area contributed by atoms with Gasteiger partial charge >= 0.3 is 0 Å². The third-order valence-electron chi connectivity index (χ3n) is 2.32. The fraction of sp³-hybridized carbons (Fsp3) is 0.750. The second kappa shape index (κ2) is 5.14. The molecule has 78 valence electrons. The van der Waals surface area contributed by atoms with E-state index >= 15 is 0 Å². The van der Waals surface area contributed by atoms with E-state index in [9.17, 15) is 0 Å². The van der Waals surface area contributed by atoms with E-state index in [1.165, 1.54) is 35.7 Å². The minimum Gasteiger partial charge on any atom is -0.360 e. The Morgan fingerprint density at radius 1 is 1.50 bits per heavy atom. The van der Waals surface area contributed by atoms with Crippen LogP contribution in [0, 0.1) is 9.87 Å². The first-order chi connectivity index (χ1) is 6.84. The second-order valence-electron chi connectivity index (χ2n) is 3.35. The van der Waals surface area contributed by atoms with E-state index in [1.54, 1.807) is 0 Å². The number of hydrogen-bond donors (Lipinski definition) is 2. The molecule has 0 amide bonds. The summed E-state index contributed by atoms with van der Waals surface area (Å²) in [6.45, 7) is 1.04. The van der Waals surface area contributed by atoms with Crippen LogP contribution in [0.15, 0.2) is 0 Å². The lowest BCUT2D eigenvalue weighted by Gasteiger charge is -2.20. The third kappa shape index (κ3) is 2.96. The van der Waals surface area contributed by atoms with Gasteiger partial charge in [-0.2, -0.15) is 11.8 Å². The van der Waals surface area contributed by atoms with Gasteiger partial charge in [0.15, 0.2) is 3.95 Å². The summed E-state index contributed by atoms with van der Waals surface area (Å²) < 4.78 is 0.742. The zero-order valence-corrected chi connectivity index (χ0v) is 10.2.